The molecule has 6 heteroatoms. The van der Waals surface area contributed by atoms with E-state index in [1.807, 2.05) is 54.4 Å². The number of aromatic nitrogens is 1. The number of aryl methyl sites for hydroxylation is 1. The van der Waals surface area contributed by atoms with E-state index in [1.54, 1.807) is 7.11 Å². The summed E-state index contributed by atoms with van der Waals surface area (Å²) in [6.45, 7) is 2.47. The zero-order valence-corrected chi connectivity index (χ0v) is 21.7. The van der Waals surface area contributed by atoms with Crippen molar-refractivity contribution < 1.29 is 9.53 Å². The zero-order chi connectivity index (χ0) is 24.4. The Kier molecular flexibility index (Phi) is 7.07. The first kappa shape index (κ1) is 23.8. The second-order valence-electron chi connectivity index (χ2n) is 9.18. The number of hydrogen-bond acceptors (Lipinski definition) is 4. The molecular weight excluding hydrogens is 476 g/mol. The predicted molar refractivity (Wildman–Crippen MR) is 145 cm³/mol. The van der Waals surface area contributed by atoms with Crippen molar-refractivity contribution in [2.45, 2.75) is 51.6 Å². The molecule has 4 nitrogen and oxygen atoms in total. The molecule has 1 aliphatic rings. The Balaban J connectivity index is 1.54. The van der Waals surface area contributed by atoms with Gasteiger partial charge in [0.25, 0.3) is 5.91 Å². The minimum Gasteiger partial charge on any atom is -0.496 e. The molecule has 180 valence electrons. The Bertz CT molecular complexity index is 1360. The van der Waals surface area contributed by atoms with E-state index in [9.17, 15) is 4.79 Å². The standard InChI is InChI=1S/C29H29ClN2O2S/c1-19-16-21(14-15-31-19)20-12-13-25(34-2)22(17-20)18-32(23-8-4-3-5-9-23)29(33)28-27(30)24-10-6-7-11-26(24)35-28/h6-7,10-17,23H,3-5,8-9,18H2,1-2H3. The molecule has 0 radical (unpaired) electrons. The minimum atomic E-state index is 0.00955. The maximum absolute atomic E-state index is 14.0. The highest BCUT2D eigenvalue weighted by Gasteiger charge is 2.30. The molecule has 2 heterocycles. The molecule has 0 N–H and O–H groups in total. The van der Waals surface area contributed by atoms with E-state index >= 15 is 0 Å². The predicted octanol–water partition coefficient (Wildman–Crippen LogP) is 7.91. The van der Waals surface area contributed by atoms with E-state index in [1.165, 1.54) is 17.8 Å². The molecular formula is C29H29ClN2O2S. The van der Waals surface area contributed by atoms with Gasteiger partial charge in [-0.3, -0.25) is 9.78 Å². The van der Waals surface area contributed by atoms with E-state index in [0.29, 0.717) is 16.4 Å². The number of ether oxygens (including phenoxy) is 1. The molecule has 0 unspecified atom stereocenters. The van der Waals surface area contributed by atoms with Crippen LogP contribution in [0.25, 0.3) is 21.2 Å². The fourth-order valence-corrected chi connectivity index (χ4v) is 6.50. The monoisotopic (exact) mass is 504 g/mol. The molecule has 1 fully saturated rings. The first-order valence-corrected chi connectivity index (χ1v) is 13.3. The van der Waals surface area contributed by atoms with Crippen LogP contribution < -0.4 is 4.74 Å². The van der Waals surface area contributed by atoms with Crippen molar-refractivity contribution in [3.05, 3.63) is 82.0 Å². The van der Waals surface area contributed by atoms with Gasteiger partial charge >= 0.3 is 0 Å². The number of amides is 1. The molecule has 2 aromatic heterocycles. The minimum absolute atomic E-state index is 0.00955. The van der Waals surface area contributed by atoms with Gasteiger partial charge in [0.15, 0.2) is 0 Å². The maximum Gasteiger partial charge on any atom is 0.266 e. The highest BCUT2D eigenvalue weighted by atomic mass is 35.5. The average molecular weight is 505 g/mol. The number of rotatable bonds is 6. The van der Waals surface area contributed by atoms with Gasteiger partial charge in [-0.15, -0.1) is 11.3 Å². The van der Waals surface area contributed by atoms with Crippen molar-refractivity contribution in [2.24, 2.45) is 0 Å². The van der Waals surface area contributed by atoms with Gasteiger partial charge in [0.05, 0.1) is 12.1 Å². The number of benzene rings is 2. The molecule has 1 saturated carbocycles. The normalized spacial score (nSPS) is 14.3. The lowest BCUT2D eigenvalue weighted by Crippen LogP contribution is -2.40. The summed E-state index contributed by atoms with van der Waals surface area (Å²) in [4.78, 5) is 21.0. The number of halogens is 1. The summed E-state index contributed by atoms with van der Waals surface area (Å²) >= 11 is 8.23. The summed E-state index contributed by atoms with van der Waals surface area (Å²) < 4.78 is 6.77. The molecule has 35 heavy (non-hydrogen) atoms. The number of carbonyl (C=O) groups is 1. The summed E-state index contributed by atoms with van der Waals surface area (Å²) in [5.74, 6) is 0.797. The SMILES string of the molecule is COc1ccc(-c2ccnc(C)c2)cc1CN(C(=O)c1sc2ccccc2c1Cl)C1CCCCC1. The van der Waals surface area contributed by atoms with E-state index in [0.717, 1.165) is 63.9 Å². The van der Waals surface area contributed by atoms with Gasteiger partial charge < -0.3 is 9.64 Å². The molecule has 4 aromatic rings. The quantitative estimate of drug-likeness (QED) is 0.268. The molecule has 0 spiro atoms. The number of methoxy groups -OCH3 is 1. The molecule has 0 bridgehead atoms. The van der Waals surface area contributed by atoms with Crippen molar-refractivity contribution in [3.63, 3.8) is 0 Å². The number of fused-ring (bicyclic) bond motifs is 1. The summed E-state index contributed by atoms with van der Waals surface area (Å²) in [6.07, 6.45) is 7.36. The summed E-state index contributed by atoms with van der Waals surface area (Å²) in [6, 6.07) is 18.4. The summed E-state index contributed by atoms with van der Waals surface area (Å²) in [5.41, 5.74) is 4.15. The van der Waals surface area contributed by atoms with Gasteiger partial charge in [-0.1, -0.05) is 55.1 Å². The highest BCUT2D eigenvalue weighted by Crippen LogP contribution is 2.38. The van der Waals surface area contributed by atoms with Crippen LogP contribution in [0.15, 0.2) is 60.8 Å². The van der Waals surface area contributed by atoms with Crippen LogP contribution in [-0.4, -0.2) is 28.9 Å². The largest absolute Gasteiger partial charge is 0.496 e. The third kappa shape index (κ3) is 4.93. The van der Waals surface area contributed by atoms with Gasteiger partial charge in [0, 0.05) is 40.1 Å². The van der Waals surface area contributed by atoms with Crippen LogP contribution in [0, 0.1) is 6.92 Å². The van der Waals surface area contributed by atoms with Gasteiger partial charge in [0.1, 0.15) is 10.6 Å². The van der Waals surface area contributed by atoms with Crippen LogP contribution in [0.1, 0.15) is 53.0 Å². The molecule has 1 aliphatic carbocycles. The lowest BCUT2D eigenvalue weighted by molar-refractivity contribution is 0.0618. The molecule has 0 aliphatic heterocycles. The molecule has 0 saturated heterocycles. The molecule has 5 rings (SSSR count). The van der Waals surface area contributed by atoms with Gasteiger partial charge in [-0.2, -0.15) is 0 Å². The van der Waals surface area contributed by atoms with E-state index in [4.69, 9.17) is 16.3 Å². The second-order valence-corrected chi connectivity index (χ2v) is 10.6. The van der Waals surface area contributed by atoms with Crippen molar-refractivity contribution >= 4 is 38.9 Å². The fourth-order valence-electron chi connectivity index (χ4n) is 5.03. The van der Waals surface area contributed by atoms with Crippen LogP contribution in [0.2, 0.25) is 5.02 Å². The zero-order valence-electron chi connectivity index (χ0n) is 20.1. The Labute approximate surface area is 215 Å². The Morgan fingerprint density at radius 1 is 1.09 bits per heavy atom. The molecule has 1 amide bonds. The number of hydrogen-bond donors (Lipinski definition) is 0. The van der Waals surface area contributed by atoms with Crippen LogP contribution in [0.4, 0.5) is 0 Å². The number of nitrogens with zero attached hydrogens (tertiary/aromatic N) is 2. The van der Waals surface area contributed by atoms with E-state index in [-0.39, 0.29) is 11.9 Å². The Morgan fingerprint density at radius 2 is 1.86 bits per heavy atom. The third-order valence-electron chi connectivity index (χ3n) is 6.86. The lowest BCUT2D eigenvalue weighted by atomic mass is 9.93. The van der Waals surface area contributed by atoms with E-state index < -0.39 is 0 Å². The number of pyridine rings is 1. The fraction of sp³-hybridized carbons (Fsp3) is 0.310. The summed E-state index contributed by atoms with van der Waals surface area (Å²) in [5, 5.41) is 1.50. The van der Waals surface area contributed by atoms with Crippen molar-refractivity contribution in [1.82, 2.24) is 9.88 Å². The molecule has 0 atom stereocenters. The van der Waals surface area contributed by atoms with Crippen molar-refractivity contribution in [2.75, 3.05) is 7.11 Å². The first-order valence-electron chi connectivity index (χ1n) is 12.1. The second kappa shape index (κ2) is 10.4. The van der Waals surface area contributed by atoms with E-state index in [2.05, 4.69) is 23.2 Å². The Hall–Kier alpha value is -2.89. The topological polar surface area (TPSA) is 42.4 Å². The van der Waals surface area contributed by atoms with Crippen molar-refractivity contribution in [1.29, 1.82) is 0 Å². The van der Waals surface area contributed by atoms with Gasteiger partial charge in [-0.25, -0.2) is 0 Å². The van der Waals surface area contributed by atoms with Gasteiger partial charge in [0.2, 0.25) is 0 Å². The smallest absolute Gasteiger partial charge is 0.266 e. The van der Waals surface area contributed by atoms with Crippen LogP contribution >= 0.6 is 22.9 Å². The van der Waals surface area contributed by atoms with Crippen LogP contribution in [0.5, 0.6) is 5.75 Å². The Morgan fingerprint density at radius 3 is 2.60 bits per heavy atom. The van der Waals surface area contributed by atoms with Gasteiger partial charge in [-0.05, 0) is 61.2 Å². The number of thiophene rings is 1. The highest BCUT2D eigenvalue weighted by molar-refractivity contribution is 7.21. The average Bonchev–Trinajstić information content (AvgIpc) is 3.23. The van der Waals surface area contributed by atoms with Crippen molar-refractivity contribution in [3.8, 4) is 16.9 Å². The number of carbonyl (C=O) groups excluding carboxylic acids is 1. The third-order valence-corrected chi connectivity index (χ3v) is 8.52. The lowest BCUT2D eigenvalue weighted by Gasteiger charge is -2.34. The van der Waals surface area contributed by atoms with Crippen LogP contribution in [0.3, 0.4) is 0 Å². The van der Waals surface area contributed by atoms with Crippen LogP contribution in [-0.2, 0) is 6.54 Å². The summed E-state index contributed by atoms with van der Waals surface area (Å²) in [7, 11) is 1.69. The maximum atomic E-state index is 14.0. The first-order chi connectivity index (χ1) is 17.0. The molecule has 2 aromatic carbocycles.